The van der Waals surface area contributed by atoms with Crippen LogP contribution in [0.25, 0.3) is 5.69 Å². The van der Waals surface area contributed by atoms with E-state index in [2.05, 4.69) is 61.5 Å². The summed E-state index contributed by atoms with van der Waals surface area (Å²) in [6, 6.07) is 15.7. The minimum atomic E-state index is -0.361. The minimum absolute atomic E-state index is 0.361. The van der Waals surface area contributed by atoms with Crippen LogP contribution < -0.4 is 0 Å². The number of methoxy groups -OCH3 is 1. The van der Waals surface area contributed by atoms with E-state index in [4.69, 9.17) is 4.74 Å². The molecule has 0 bridgehead atoms. The van der Waals surface area contributed by atoms with E-state index in [-0.39, 0.29) is 5.97 Å². The number of nitrogens with zero attached hydrogens (tertiary/aromatic N) is 2. The third kappa shape index (κ3) is 3.85. The monoisotopic (exact) mass is 360 g/mol. The van der Waals surface area contributed by atoms with Gasteiger partial charge in [0.2, 0.25) is 0 Å². The van der Waals surface area contributed by atoms with Gasteiger partial charge >= 0.3 is 5.97 Å². The topological polar surface area (TPSA) is 43.6 Å². The smallest absolute Gasteiger partial charge is 0.337 e. The van der Waals surface area contributed by atoms with Crippen molar-refractivity contribution < 1.29 is 9.53 Å². The number of aliphatic imine (C=N–C) groups is 1. The second-order valence-corrected chi connectivity index (χ2v) is 6.73. The molecule has 1 aromatic heterocycles. The summed E-state index contributed by atoms with van der Waals surface area (Å²) in [4.78, 5) is 16.2. The van der Waals surface area contributed by atoms with Gasteiger partial charge in [-0.2, -0.15) is 0 Å². The Morgan fingerprint density at radius 2 is 1.78 bits per heavy atom. The van der Waals surface area contributed by atoms with Crippen LogP contribution in [-0.4, -0.2) is 23.9 Å². The highest BCUT2D eigenvalue weighted by Gasteiger charge is 2.10. The number of aryl methyl sites for hydroxylation is 3. The predicted octanol–water partition coefficient (Wildman–Crippen LogP) is 5.25. The van der Waals surface area contributed by atoms with E-state index in [1.54, 1.807) is 18.2 Å². The van der Waals surface area contributed by atoms with E-state index in [0.717, 1.165) is 22.6 Å². The molecule has 0 aliphatic carbocycles. The van der Waals surface area contributed by atoms with Crippen LogP contribution in [0.4, 0.5) is 5.69 Å². The molecule has 0 unspecified atom stereocenters. The van der Waals surface area contributed by atoms with Crippen molar-refractivity contribution in [1.82, 2.24) is 4.57 Å². The van der Waals surface area contributed by atoms with Crippen molar-refractivity contribution in [2.24, 2.45) is 4.99 Å². The molecule has 0 spiro atoms. The summed E-state index contributed by atoms with van der Waals surface area (Å²) in [5, 5.41) is 0. The number of benzene rings is 2. The molecule has 4 heteroatoms. The molecule has 3 rings (SSSR count). The van der Waals surface area contributed by atoms with Crippen molar-refractivity contribution >= 4 is 17.9 Å². The number of ether oxygens (including phenoxy) is 1. The Bertz CT molecular complexity index is 1030. The Hall–Kier alpha value is -3.14. The highest BCUT2D eigenvalue weighted by Crippen LogP contribution is 2.23. The first-order valence-corrected chi connectivity index (χ1v) is 8.89. The fraction of sp³-hybridized carbons (Fsp3) is 0.217. The van der Waals surface area contributed by atoms with Crippen molar-refractivity contribution in [3.8, 4) is 5.69 Å². The minimum Gasteiger partial charge on any atom is -0.465 e. The van der Waals surface area contributed by atoms with E-state index in [1.807, 2.05) is 12.3 Å². The molecular formula is C23H24N2O2. The lowest BCUT2D eigenvalue weighted by Crippen LogP contribution is -2.00. The van der Waals surface area contributed by atoms with Gasteiger partial charge in [0.15, 0.2) is 0 Å². The van der Waals surface area contributed by atoms with Crippen LogP contribution in [0.2, 0.25) is 0 Å². The quantitative estimate of drug-likeness (QED) is 0.471. The molecule has 3 aromatic rings. The van der Waals surface area contributed by atoms with E-state index >= 15 is 0 Å². The normalized spacial score (nSPS) is 11.1. The van der Waals surface area contributed by atoms with Gasteiger partial charge < -0.3 is 9.30 Å². The molecule has 1 heterocycles. The number of aromatic nitrogens is 1. The van der Waals surface area contributed by atoms with Gasteiger partial charge in [0, 0.05) is 28.9 Å². The molecule has 2 aromatic carbocycles. The van der Waals surface area contributed by atoms with Gasteiger partial charge in [0.1, 0.15) is 0 Å². The van der Waals surface area contributed by atoms with Crippen LogP contribution in [-0.2, 0) is 4.74 Å². The first-order valence-electron chi connectivity index (χ1n) is 8.89. The molecule has 0 aliphatic heterocycles. The Morgan fingerprint density at radius 3 is 2.48 bits per heavy atom. The summed E-state index contributed by atoms with van der Waals surface area (Å²) in [5.41, 5.74) is 8.25. The summed E-state index contributed by atoms with van der Waals surface area (Å²) in [5.74, 6) is -0.361. The van der Waals surface area contributed by atoms with Gasteiger partial charge in [0.25, 0.3) is 0 Å². The molecule has 0 saturated heterocycles. The second kappa shape index (κ2) is 7.62. The summed E-state index contributed by atoms with van der Waals surface area (Å²) in [7, 11) is 1.37. The first-order chi connectivity index (χ1) is 12.9. The van der Waals surface area contributed by atoms with Gasteiger partial charge in [0.05, 0.1) is 18.4 Å². The molecule has 0 saturated carbocycles. The SMILES string of the molecule is COC(=O)c1cccc(N=Cc2cc(C)n(-c3ccc(C)c(C)c3)c2C)c1. The molecule has 0 aliphatic rings. The lowest BCUT2D eigenvalue weighted by atomic mass is 10.1. The lowest BCUT2D eigenvalue weighted by Gasteiger charge is -2.11. The van der Waals surface area contributed by atoms with E-state index in [1.165, 1.54) is 18.2 Å². The Morgan fingerprint density at radius 1 is 1.00 bits per heavy atom. The lowest BCUT2D eigenvalue weighted by molar-refractivity contribution is 0.0601. The van der Waals surface area contributed by atoms with Crippen molar-refractivity contribution in [3.05, 3.63) is 82.2 Å². The highest BCUT2D eigenvalue weighted by molar-refractivity contribution is 5.91. The summed E-state index contributed by atoms with van der Waals surface area (Å²) in [6.07, 6.45) is 1.84. The van der Waals surface area contributed by atoms with Gasteiger partial charge in [-0.1, -0.05) is 12.1 Å². The maximum atomic E-state index is 11.7. The van der Waals surface area contributed by atoms with Crippen molar-refractivity contribution in [2.45, 2.75) is 27.7 Å². The zero-order chi connectivity index (χ0) is 19.6. The number of carbonyl (C=O) groups excluding carboxylic acids is 1. The Labute approximate surface area is 160 Å². The third-order valence-corrected chi connectivity index (χ3v) is 4.84. The third-order valence-electron chi connectivity index (χ3n) is 4.84. The molecule has 0 atom stereocenters. The maximum Gasteiger partial charge on any atom is 0.337 e. The van der Waals surface area contributed by atoms with Crippen LogP contribution >= 0.6 is 0 Å². The molecular weight excluding hydrogens is 336 g/mol. The second-order valence-electron chi connectivity index (χ2n) is 6.73. The fourth-order valence-corrected chi connectivity index (χ4v) is 3.16. The number of hydrogen-bond donors (Lipinski definition) is 0. The number of rotatable bonds is 4. The Kier molecular flexibility index (Phi) is 5.26. The Balaban J connectivity index is 1.94. The van der Waals surface area contributed by atoms with E-state index < -0.39 is 0 Å². The first kappa shape index (κ1) is 18.6. The maximum absolute atomic E-state index is 11.7. The van der Waals surface area contributed by atoms with Crippen LogP contribution in [0.5, 0.6) is 0 Å². The highest BCUT2D eigenvalue weighted by atomic mass is 16.5. The average Bonchev–Trinajstić information content (AvgIpc) is 2.95. The number of hydrogen-bond acceptors (Lipinski definition) is 3. The molecule has 4 nitrogen and oxygen atoms in total. The average molecular weight is 360 g/mol. The van der Waals surface area contributed by atoms with Crippen molar-refractivity contribution in [3.63, 3.8) is 0 Å². The molecule has 27 heavy (non-hydrogen) atoms. The van der Waals surface area contributed by atoms with E-state index in [0.29, 0.717) is 11.3 Å². The molecule has 0 N–H and O–H groups in total. The predicted molar refractivity (Wildman–Crippen MR) is 110 cm³/mol. The van der Waals surface area contributed by atoms with Crippen molar-refractivity contribution in [1.29, 1.82) is 0 Å². The summed E-state index contributed by atoms with van der Waals surface area (Å²) >= 11 is 0. The van der Waals surface area contributed by atoms with Gasteiger partial charge in [-0.3, -0.25) is 4.99 Å². The van der Waals surface area contributed by atoms with Crippen LogP contribution in [0, 0.1) is 27.7 Å². The van der Waals surface area contributed by atoms with E-state index in [9.17, 15) is 4.79 Å². The zero-order valence-electron chi connectivity index (χ0n) is 16.4. The summed E-state index contributed by atoms with van der Waals surface area (Å²) in [6.45, 7) is 8.44. The van der Waals surface area contributed by atoms with Crippen LogP contribution in [0.1, 0.15) is 38.4 Å². The van der Waals surface area contributed by atoms with Crippen LogP contribution in [0.15, 0.2) is 53.5 Å². The molecule has 0 fully saturated rings. The van der Waals surface area contributed by atoms with Gasteiger partial charge in [-0.05, 0) is 75.2 Å². The largest absolute Gasteiger partial charge is 0.465 e. The van der Waals surface area contributed by atoms with Crippen molar-refractivity contribution in [2.75, 3.05) is 7.11 Å². The zero-order valence-corrected chi connectivity index (χ0v) is 16.4. The fourth-order valence-electron chi connectivity index (χ4n) is 3.16. The molecule has 0 radical (unpaired) electrons. The van der Waals surface area contributed by atoms with Gasteiger partial charge in [-0.25, -0.2) is 4.79 Å². The summed E-state index contributed by atoms with van der Waals surface area (Å²) < 4.78 is 7.00. The van der Waals surface area contributed by atoms with Crippen LogP contribution in [0.3, 0.4) is 0 Å². The molecule has 138 valence electrons. The number of carbonyl (C=O) groups is 1. The van der Waals surface area contributed by atoms with Gasteiger partial charge in [-0.15, -0.1) is 0 Å². The molecule has 0 amide bonds. The standard InChI is InChI=1S/C23H24N2O2/c1-15-9-10-22(11-16(15)2)25-17(3)12-20(18(25)4)14-24-21-8-6-7-19(13-21)23(26)27-5/h6-14H,1-5H3. The number of esters is 1.